The van der Waals surface area contributed by atoms with E-state index in [2.05, 4.69) is 39.9 Å². The number of hydrogen-bond acceptors (Lipinski definition) is 4. The van der Waals surface area contributed by atoms with Gasteiger partial charge in [-0.1, -0.05) is 31.2 Å². The van der Waals surface area contributed by atoms with Crippen LogP contribution in [-0.2, 0) is 16.0 Å². The smallest absolute Gasteiger partial charge is 0.226 e. The van der Waals surface area contributed by atoms with Crippen molar-refractivity contribution >= 4 is 17.2 Å². The van der Waals surface area contributed by atoms with Crippen LogP contribution < -0.4 is 5.32 Å². The first-order valence-corrected chi connectivity index (χ1v) is 9.32. The van der Waals surface area contributed by atoms with Crippen LogP contribution in [0.15, 0.2) is 29.6 Å². The topological polar surface area (TPSA) is 51.2 Å². The van der Waals surface area contributed by atoms with Gasteiger partial charge in [-0.05, 0) is 31.7 Å². The van der Waals surface area contributed by atoms with Gasteiger partial charge in [0.1, 0.15) is 0 Å². The average molecular weight is 344 g/mol. The zero-order valence-electron chi connectivity index (χ0n) is 14.3. The Hall–Kier alpha value is -1.72. The Kier molecular flexibility index (Phi) is 5.31. The van der Waals surface area contributed by atoms with Crippen LogP contribution in [0.5, 0.6) is 0 Å². The summed E-state index contributed by atoms with van der Waals surface area (Å²) in [6, 6.07) is 8.44. The molecule has 1 fully saturated rings. The van der Waals surface area contributed by atoms with Crippen molar-refractivity contribution in [1.29, 1.82) is 0 Å². The first kappa shape index (κ1) is 17.1. The van der Waals surface area contributed by atoms with Gasteiger partial charge in [0.05, 0.1) is 16.1 Å². The Balaban J connectivity index is 1.51. The summed E-state index contributed by atoms with van der Waals surface area (Å²) < 4.78 is 5.35. The van der Waals surface area contributed by atoms with E-state index in [1.807, 2.05) is 13.8 Å². The number of aryl methyl sites for hydroxylation is 1. The normalized spacial score (nSPS) is 16.8. The highest BCUT2D eigenvalue weighted by Gasteiger charge is 2.34. The molecule has 0 saturated carbocycles. The Labute approximate surface area is 147 Å². The molecular formula is C19H24N2O2S. The van der Waals surface area contributed by atoms with Crippen LogP contribution in [0.2, 0.25) is 0 Å². The highest BCUT2D eigenvalue weighted by molar-refractivity contribution is 7.09. The van der Waals surface area contributed by atoms with Crippen molar-refractivity contribution in [2.75, 3.05) is 19.8 Å². The molecule has 24 heavy (non-hydrogen) atoms. The summed E-state index contributed by atoms with van der Waals surface area (Å²) in [5.74, 6) is 0.153. The van der Waals surface area contributed by atoms with E-state index in [-0.39, 0.29) is 11.3 Å². The van der Waals surface area contributed by atoms with E-state index in [4.69, 9.17) is 4.74 Å². The molecule has 1 amide bonds. The molecule has 1 aromatic heterocycles. The highest BCUT2D eigenvalue weighted by atomic mass is 32.1. The molecule has 1 N–H and O–H groups in total. The van der Waals surface area contributed by atoms with Gasteiger partial charge in [-0.15, -0.1) is 11.3 Å². The fourth-order valence-electron chi connectivity index (χ4n) is 2.92. The van der Waals surface area contributed by atoms with Crippen molar-refractivity contribution in [2.45, 2.75) is 33.1 Å². The van der Waals surface area contributed by atoms with Gasteiger partial charge in [0.2, 0.25) is 5.91 Å². The monoisotopic (exact) mass is 344 g/mol. The molecular weight excluding hydrogens is 320 g/mol. The first-order chi connectivity index (χ1) is 11.6. The van der Waals surface area contributed by atoms with E-state index >= 15 is 0 Å². The quantitative estimate of drug-likeness (QED) is 0.902. The molecule has 2 aromatic rings. The molecule has 0 bridgehead atoms. The second kappa shape index (κ2) is 7.45. The number of hydrogen-bond donors (Lipinski definition) is 1. The summed E-state index contributed by atoms with van der Waals surface area (Å²) >= 11 is 1.67. The van der Waals surface area contributed by atoms with Crippen LogP contribution in [0, 0.1) is 12.3 Å². The highest BCUT2D eigenvalue weighted by Crippen LogP contribution is 2.29. The summed E-state index contributed by atoms with van der Waals surface area (Å²) in [5, 5.41) is 6.25. The van der Waals surface area contributed by atoms with Crippen LogP contribution in [0.3, 0.4) is 0 Å². The van der Waals surface area contributed by atoms with Gasteiger partial charge < -0.3 is 10.1 Å². The van der Waals surface area contributed by atoms with E-state index in [0.717, 1.165) is 35.5 Å². The fourth-order valence-corrected chi connectivity index (χ4v) is 3.54. The summed E-state index contributed by atoms with van der Waals surface area (Å²) in [5.41, 5.74) is 3.12. The average Bonchev–Trinajstić information content (AvgIpc) is 3.02. The zero-order valence-corrected chi connectivity index (χ0v) is 15.1. The third-order valence-corrected chi connectivity index (χ3v) is 5.49. The van der Waals surface area contributed by atoms with Crippen molar-refractivity contribution in [3.05, 3.63) is 40.2 Å². The number of carbonyl (C=O) groups excluding carboxylic acids is 1. The minimum absolute atomic E-state index is 0.153. The van der Waals surface area contributed by atoms with Gasteiger partial charge in [-0.25, -0.2) is 4.98 Å². The van der Waals surface area contributed by atoms with Crippen molar-refractivity contribution in [2.24, 2.45) is 5.41 Å². The van der Waals surface area contributed by atoms with Crippen LogP contribution in [0.4, 0.5) is 0 Å². The summed E-state index contributed by atoms with van der Waals surface area (Å²) in [6.45, 7) is 6.09. The number of benzene rings is 1. The van der Waals surface area contributed by atoms with E-state index < -0.39 is 0 Å². The van der Waals surface area contributed by atoms with Crippen molar-refractivity contribution in [3.63, 3.8) is 0 Å². The van der Waals surface area contributed by atoms with Gasteiger partial charge in [0.25, 0.3) is 0 Å². The molecule has 1 aromatic carbocycles. The van der Waals surface area contributed by atoms with Gasteiger partial charge >= 0.3 is 0 Å². The predicted molar refractivity (Wildman–Crippen MR) is 97.2 cm³/mol. The van der Waals surface area contributed by atoms with E-state index in [9.17, 15) is 4.79 Å². The van der Waals surface area contributed by atoms with E-state index in [0.29, 0.717) is 19.8 Å². The number of nitrogens with one attached hydrogen (secondary N) is 1. The lowest BCUT2D eigenvalue weighted by molar-refractivity contribution is -0.135. The molecule has 0 atom stereocenters. The SMILES string of the molecule is Cc1nc(-c2ccc(CCNC(=O)C3(C)CCOCC3)cc2)cs1. The Bertz CT molecular complexity index is 688. The molecule has 1 saturated heterocycles. The predicted octanol–water partition coefficient (Wildman–Crippen LogP) is 3.59. The molecule has 128 valence electrons. The standard InChI is InChI=1S/C19H24N2O2S/c1-14-21-17(13-24-14)16-5-3-15(4-6-16)7-10-20-18(22)19(2)8-11-23-12-9-19/h3-6,13H,7-12H2,1-2H3,(H,20,22). The zero-order chi connectivity index (χ0) is 17.0. The van der Waals surface area contributed by atoms with Crippen LogP contribution in [-0.4, -0.2) is 30.6 Å². The number of nitrogens with zero attached hydrogens (tertiary/aromatic N) is 1. The summed E-state index contributed by atoms with van der Waals surface area (Å²) in [6.07, 6.45) is 2.45. The third kappa shape index (κ3) is 4.02. The summed E-state index contributed by atoms with van der Waals surface area (Å²) in [7, 11) is 0. The molecule has 0 radical (unpaired) electrons. The molecule has 0 unspecified atom stereocenters. The lowest BCUT2D eigenvalue weighted by atomic mass is 9.81. The third-order valence-electron chi connectivity index (χ3n) is 4.71. The largest absolute Gasteiger partial charge is 0.381 e. The Morgan fingerprint density at radius 1 is 1.29 bits per heavy atom. The van der Waals surface area contributed by atoms with Crippen LogP contribution >= 0.6 is 11.3 Å². The number of thiazole rings is 1. The Morgan fingerprint density at radius 3 is 2.62 bits per heavy atom. The maximum Gasteiger partial charge on any atom is 0.226 e. The molecule has 5 heteroatoms. The van der Waals surface area contributed by atoms with Crippen molar-refractivity contribution in [3.8, 4) is 11.3 Å². The van der Waals surface area contributed by atoms with Crippen molar-refractivity contribution in [1.82, 2.24) is 10.3 Å². The van der Waals surface area contributed by atoms with E-state index in [1.54, 1.807) is 11.3 Å². The molecule has 0 spiro atoms. The van der Waals surface area contributed by atoms with Crippen LogP contribution in [0.1, 0.15) is 30.3 Å². The molecule has 1 aliphatic heterocycles. The van der Waals surface area contributed by atoms with Gasteiger partial charge in [-0.2, -0.15) is 0 Å². The second-order valence-corrected chi connectivity index (χ2v) is 7.69. The minimum Gasteiger partial charge on any atom is -0.381 e. The number of ether oxygens (including phenoxy) is 1. The fraction of sp³-hybridized carbons (Fsp3) is 0.474. The van der Waals surface area contributed by atoms with E-state index in [1.165, 1.54) is 5.56 Å². The van der Waals surface area contributed by atoms with Gasteiger partial charge in [0, 0.05) is 30.7 Å². The maximum absolute atomic E-state index is 12.4. The molecule has 1 aliphatic rings. The number of carbonyl (C=O) groups is 1. The lowest BCUT2D eigenvalue weighted by Gasteiger charge is -2.32. The molecule has 2 heterocycles. The van der Waals surface area contributed by atoms with Crippen molar-refractivity contribution < 1.29 is 9.53 Å². The molecule has 0 aliphatic carbocycles. The number of rotatable bonds is 5. The first-order valence-electron chi connectivity index (χ1n) is 8.44. The number of aromatic nitrogens is 1. The minimum atomic E-state index is -0.273. The van der Waals surface area contributed by atoms with Crippen LogP contribution in [0.25, 0.3) is 11.3 Å². The summed E-state index contributed by atoms with van der Waals surface area (Å²) in [4.78, 5) is 16.9. The number of amides is 1. The second-order valence-electron chi connectivity index (χ2n) is 6.63. The maximum atomic E-state index is 12.4. The van der Waals surface area contributed by atoms with Gasteiger partial charge in [0.15, 0.2) is 0 Å². The molecule has 4 nitrogen and oxygen atoms in total. The molecule has 3 rings (SSSR count). The lowest BCUT2D eigenvalue weighted by Crippen LogP contribution is -2.43. The Morgan fingerprint density at radius 2 is 2.00 bits per heavy atom. The van der Waals surface area contributed by atoms with Gasteiger partial charge in [-0.3, -0.25) is 4.79 Å².